The molecule has 1 saturated heterocycles. The summed E-state index contributed by atoms with van der Waals surface area (Å²) in [5.74, 6) is 0. The minimum Gasteiger partial charge on any atom is -0.373 e. The zero-order valence-corrected chi connectivity index (χ0v) is 29.1. The van der Waals surface area contributed by atoms with Crippen LogP contribution in [0.1, 0.15) is 62.3 Å². The summed E-state index contributed by atoms with van der Waals surface area (Å²) in [6.07, 6.45) is 1.65. The van der Waals surface area contributed by atoms with Crippen LogP contribution in [0.5, 0.6) is 0 Å². The normalized spacial score (nSPS) is 16.8. The first-order valence-corrected chi connectivity index (χ1v) is 20.5. The molecule has 234 valence electrons. The molecule has 0 saturated carbocycles. The molecular weight excluding hydrogens is 559 g/mol. The molecule has 1 fully saturated rings. The number of hydrogen-bond donors (Lipinski definition) is 0. The second-order valence-corrected chi connectivity index (χ2v) is 16.5. The van der Waals surface area contributed by atoms with Crippen molar-refractivity contribution in [1.29, 1.82) is 0 Å². The highest BCUT2D eigenvalue weighted by Gasteiger charge is 2.49. The summed E-state index contributed by atoms with van der Waals surface area (Å²) in [5.41, 5.74) is 0. The maximum Gasteiger partial charge on any atom is 0.515 e. The molecule has 0 amide bonds. The maximum atomic E-state index is 6.20. The largest absolute Gasteiger partial charge is 0.515 e. The van der Waals surface area contributed by atoms with E-state index in [1.165, 1.54) is 0 Å². The van der Waals surface area contributed by atoms with E-state index in [0.717, 1.165) is 0 Å². The Labute approximate surface area is 241 Å². The van der Waals surface area contributed by atoms with Gasteiger partial charge in [-0.25, -0.2) is 0 Å². The Morgan fingerprint density at radius 2 is 0.487 bits per heavy atom. The van der Waals surface area contributed by atoms with Gasteiger partial charge in [0, 0.05) is 59.5 Å². The lowest BCUT2D eigenvalue weighted by atomic mass is 10.6. The van der Waals surface area contributed by atoms with E-state index in [1.54, 1.807) is 0 Å². The van der Waals surface area contributed by atoms with Crippen LogP contribution in [0.3, 0.4) is 0 Å². The molecule has 1 aliphatic heterocycles. The van der Waals surface area contributed by atoms with Gasteiger partial charge in [-0.15, -0.1) is 0 Å². The van der Waals surface area contributed by atoms with Crippen molar-refractivity contribution in [2.24, 2.45) is 0 Å². The SMILES string of the molecule is CCO[Si](CN1CN(C[Si](OCC)(OCC)OCC)CN(C[Si](OCC)(OCC)OCC)C1)(OCC)OCC. The summed E-state index contributed by atoms with van der Waals surface area (Å²) in [5, 5.41) is 0. The van der Waals surface area contributed by atoms with Crippen LogP contribution in [0.4, 0.5) is 0 Å². The van der Waals surface area contributed by atoms with Crippen molar-refractivity contribution < 1.29 is 39.8 Å². The van der Waals surface area contributed by atoms with Crippen LogP contribution in [-0.2, 0) is 39.8 Å². The monoisotopic (exact) mass is 615 g/mol. The fourth-order valence-electron chi connectivity index (χ4n) is 4.87. The first-order chi connectivity index (χ1) is 18.8. The van der Waals surface area contributed by atoms with Gasteiger partial charge in [-0.3, -0.25) is 14.7 Å². The Bertz CT molecular complexity index is 493. The van der Waals surface area contributed by atoms with Gasteiger partial charge in [0.05, 0.1) is 38.5 Å². The first-order valence-electron chi connectivity index (χ1n) is 14.7. The van der Waals surface area contributed by atoms with E-state index in [0.29, 0.717) is 98.0 Å². The molecule has 0 aromatic carbocycles. The Morgan fingerprint density at radius 1 is 0.333 bits per heavy atom. The molecule has 0 N–H and O–H groups in total. The molecule has 12 nitrogen and oxygen atoms in total. The van der Waals surface area contributed by atoms with Crippen molar-refractivity contribution >= 4 is 26.4 Å². The van der Waals surface area contributed by atoms with Crippen molar-refractivity contribution in [3.63, 3.8) is 0 Å². The zero-order valence-electron chi connectivity index (χ0n) is 26.1. The molecule has 0 aliphatic carbocycles. The number of rotatable bonds is 24. The van der Waals surface area contributed by atoms with E-state index < -0.39 is 26.4 Å². The lowest BCUT2D eigenvalue weighted by Crippen LogP contribution is -2.67. The molecule has 1 aliphatic rings. The number of hydrogen-bond acceptors (Lipinski definition) is 12. The number of nitrogens with zero attached hydrogens (tertiary/aromatic N) is 3. The average Bonchev–Trinajstić information content (AvgIpc) is 2.85. The van der Waals surface area contributed by atoms with Gasteiger partial charge in [-0.2, -0.15) is 0 Å². The molecule has 0 bridgehead atoms. The summed E-state index contributed by atoms with van der Waals surface area (Å²) >= 11 is 0. The van der Waals surface area contributed by atoms with Crippen molar-refractivity contribution in [2.75, 3.05) is 98.0 Å². The highest BCUT2D eigenvalue weighted by atomic mass is 28.4. The van der Waals surface area contributed by atoms with Gasteiger partial charge in [0.25, 0.3) is 0 Å². The Hall–Kier alpha value is 0.171. The lowest BCUT2D eigenvalue weighted by molar-refractivity contribution is -0.0455. The molecule has 0 aromatic rings. The fourth-order valence-corrected chi connectivity index (χ4v) is 12.6. The van der Waals surface area contributed by atoms with E-state index >= 15 is 0 Å². The van der Waals surface area contributed by atoms with E-state index in [1.807, 2.05) is 62.3 Å². The standard InChI is InChI=1S/C24H57N3O9Si3/c1-10-28-37(29-11-2,30-12-3)22-25-19-26(23-38(31-13-4,32-14-5)33-15-6)21-27(20-25)24-39(34-16-7,35-17-8)36-18-9/h10-24H2,1-9H3. The predicted octanol–water partition coefficient (Wildman–Crippen LogP) is 2.54. The molecule has 1 heterocycles. The van der Waals surface area contributed by atoms with Gasteiger partial charge in [0.1, 0.15) is 0 Å². The fraction of sp³-hybridized carbons (Fsp3) is 1.00. The van der Waals surface area contributed by atoms with Crippen LogP contribution in [0, 0.1) is 0 Å². The molecule has 0 radical (unpaired) electrons. The van der Waals surface area contributed by atoms with E-state index in [4.69, 9.17) is 39.8 Å². The van der Waals surface area contributed by atoms with Crippen molar-refractivity contribution in [2.45, 2.75) is 62.3 Å². The van der Waals surface area contributed by atoms with Crippen molar-refractivity contribution in [3.8, 4) is 0 Å². The van der Waals surface area contributed by atoms with Crippen LogP contribution in [0.2, 0.25) is 0 Å². The molecule has 0 atom stereocenters. The first kappa shape index (κ1) is 37.2. The van der Waals surface area contributed by atoms with E-state index in [2.05, 4.69) is 14.7 Å². The van der Waals surface area contributed by atoms with E-state index in [-0.39, 0.29) is 0 Å². The van der Waals surface area contributed by atoms with E-state index in [9.17, 15) is 0 Å². The van der Waals surface area contributed by atoms with Crippen molar-refractivity contribution in [3.05, 3.63) is 0 Å². The van der Waals surface area contributed by atoms with Crippen LogP contribution in [0.25, 0.3) is 0 Å². The molecule has 39 heavy (non-hydrogen) atoms. The second kappa shape index (κ2) is 20.1. The van der Waals surface area contributed by atoms with Crippen LogP contribution in [-0.4, -0.2) is 139 Å². The average molecular weight is 616 g/mol. The van der Waals surface area contributed by atoms with Gasteiger partial charge >= 0.3 is 26.4 Å². The van der Waals surface area contributed by atoms with Gasteiger partial charge in [0.15, 0.2) is 0 Å². The van der Waals surface area contributed by atoms with Gasteiger partial charge < -0.3 is 39.8 Å². The smallest absolute Gasteiger partial charge is 0.373 e. The Kier molecular flexibility index (Phi) is 19.2. The second-order valence-electron chi connectivity index (χ2n) is 8.86. The third kappa shape index (κ3) is 12.5. The van der Waals surface area contributed by atoms with Crippen molar-refractivity contribution in [1.82, 2.24) is 14.7 Å². The maximum absolute atomic E-state index is 6.20. The van der Waals surface area contributed by atoms with Gasteiger partial charge in [-0.1, -0.05) is 0 Å². The Balaban J connectivity index is 3.37. The van der Waals surface area contributed by atoms with Crippen LogP contribution < -0.4 is 0 Å². The predicted molar refractivity (Wildman–Crippen MR) is 157 cm³/mol. The quantitative estimate of drug-likeness (QED) is 0.149. The highest BCUT2D eigenvalue weighted by molar-refractivity contribution is 6.61. The third-order valence-electron chi connectivity index (χ3n) is 5.73. The minimum absolute atomic E-state index is 0.525. The summed E-state index contributed by atoms with van der Waals surface area (Å²) in [7, 11) is -8.83. The molecule has 0 spiro atoms. The summed E-state index contributed by atoms with van der Waals surface area (Å²) in [6.45, 7) is 24.5. The summed E-state index contributed by atoms with van der Waals surface area (Å²) in [6, 6.07) is 0. The minimum atomic E-state index is -2.94. The molecule has 0 unspecified atom stereocenters. The Morgan fingerprint density at radius 3 is 0.615 bits per heavy atom. The summed E-state index contributed by atoms with van der Waals surface area (Å²) < 4.78 is 55.8. The molecule has 1 rings (SSSR count). The van der Waals surface area contributed by atoms with Crippen LogP contribution in [0.15, 0.2) is 0 Å². The zero-order chi connectivity index (χ0) is 29.2. The third-order valence-corrected chi connectivity index (χ3v) is 14.8. The van der Waals surface area contributed by atoms with Crippen LogP contribution >= 0.6 is 0 Å². The molecule has 15 heteroatoms. The topological polar surface area (TPSA) is 92.8 Å². The van der Waals surface area contributed by atoms with Gasteiger partial charge in [0.2, 0.25) is 0 Å². The van der Waals surface area contributed by atoms with Gasteiger partial charge in [-0.05, 0) is 62.3 Å². The summed E-state index contributed by atoms with van der Waals surface area (Å²) in [4.78, 5) is 6.92. The molecular formula is C24H57N3O9Si3. The highest BCUT2D eigenvalue weighted by Crippen LogP contribution is 2.21. The molecule has 0 aromatic heterocycles. The lowest BCUT2D eigenvalue weighted by Gasteiger charge is -2.47.